The van der Waals surface area contributed by atoms with E-state index in [4.69, 9.17) is 10.1 Å². The van der Waals surface area contributed by atoms with Crippen LogP contribution in [0.4, 0.5) is 0 Å². The molecule has 0 saturated carbocycles. The maximum Gasteiger partial charge on any atom is 0.249 e. The number of hydrogen-bond donors (Lipinski definition) is 0. The Hall–Kier alpha value is -1.29. The number of nitriles is 1. The maximum atomic E-state index is 8.24. The molecule has 0 amide bonds. The SMILES string of the molecule is COn1nnnc1SCC#N. The third-order valence-electron chi connectivity index (χ3n) is 0.854. The Labute approximate surface area is 67.1 Å². The van der Waals surface area contributed by atoms with Crippen LogP contribution in [-0.4, -0.2) is 33.2 Å². The molecule has 0 N–H and O–H groups in total. The van der Waals surface area contributed by atoms with Gasteiger partial charge in [-0.05, 0) is 10.4 Å². The van der Waals surface area contributed by atoms with Crippen LogP contribution >= 0.6 is 11.8 Å². The van der Waals surface area contributed by atoms with E-state index < -0.39 is 0 Å². The Balaban J connectivity index is 2.62. The van der Waals surface area contributed by atoms with Gasteiger partial charge in [-0.2, -0.15) is 5.26 Å². The van der Waals surface area contributed by atoms with Gasteiger partial charge in [-0.15, -0.1) is 0 Å². The van der Waals surface area contributed by atoms with Gasteiger partial charge in [0, 0.05) is 0 Å². The van der Waals surface area contributed by atoms with Crippen molar-refractivity contribution >= 4 is 11.8 Å². The fourth-order valence-electron chi connectivity index (χ4n) is 0.467. The summed E-state index contributed by atoms with van der Waals surface area (Å²) in [7, 11) is 1.45. The highest BCUT2D eigenvalue weighted by atomic mass is 32.2. The molecule has 6 nitrogen and oxygen atoms in total. The summed E-state index contributed by atoms with van der Waals surface area (Å²) in [6.07, 6.45) is 0. The second-order valence-corrected chi connectivity index (χ2v) is 2.41. The molecule has 1 heterocycles. The van der Waals surface area contributed by atoms with Crippen LogP contribution in [-0.2, 0) is 0 Å². The molecule has 1 aromatic heterocycles. The van der Waals surface area contributed by atoms with Crippen molar-refractivity contribution in [1.29, 1.82) is 5.26 Å². The lowest BCUT2D eigenvalue weighted by Crippen LogP contribution is -2.09. The number of thioether (sulfide) groups is 1. The van der Waals surface area contributed by atoms with Crippen LogP contribution in [0, 0.1) is 11.3 Å². The van der Waals surface area contributed by atoms with Crippen LogP contribution in [0.2, 0.25) is 0 Å². The van der Waals surface area contributed by atoms with E-state index in [0.717, 1.165) is 4.85 Å². The molecular weight excluding hydrogens is 166 g/mol. The highest BCUT2D eigenvalue weighted by Crippen LogP contribution is 2.10. The average Bonchev–Trinajstić information content (AvgIpc) is 2.47. The molecular formula is C4H5N5OS. The average molecular weight is 171 g/mol. The van der Waals surface area contributed by atoms with Crippen LogP contribution < -0.4 is 4.84 Å². The number of rotatable bonds is 3. The molecule has 1 rings (SSSR count). The van der Waals surface area contributed by atoms with E-state index in [2.05, 4.69) is 15.5 Å². The molecule has 0 fully saturated rings. The highest BCUT2D eigenvalue weighted by Gasteiger charge is 2.04. The normalized spacial score (nSPS) is 9.09. The summed E-state index contributed by atoms with van der Waals surface area (Å²) in [5, 5.41) is 19.2. The predicted octanol–water partition coefficient (Wildman–Crippen LogP) is -0.653. The molecule has 0 aliphatic carbocycles. The van der Waals surface area contributed by atoms with E-state index in [9.17, 15) is 0 Å². The van der Waals surface area contributed by atoms with Crippen molar-refractivity contribution in [3.8, 4) is 6.07 Å². The standard InChI is InChI=1S/C4H5N5OS/c1-10-9-4(6-7-8-9)11-3-2-5/h3H2,1H3. The van der Waals surface area contributed by atoms with Crippen molar-refractivity contribution in [3.63, 3.8) is 0 Å². The second kappa shape index (κ2) is 3.78. The first-order valence-electron chi connectivity index (χ1n) is 2.71. The summed E-state index contributed by atoms with van der Waals surface area (Å²) in [5.41, 5.74) is 0. The zero-order chi connectivity index (χ0) is 8.10. The summed E-state index contributed by atoms with van der Waals surface area (Å²) < 4.78 is 0. The minimum absolute atomic E-state index is 0.309. The quantitative estimate of drug-likeness (QED) is 0.562. The van der Waals surface area contributed by atoms with Gasteiger partial charge in [-0.1, -0.05) is 21.7 Å². The van der Waals surface area contributed by atoms with Gasteiger partial charge in [0.25, 0.3) is 0 Å². The second-order valence-electron chi connectivity index (χ2n) is 1.46. The zero-order valence-electron chi connectivity index (χ0n) is 5.76. The zero-order valence-corrected chi connectivity index (χ0v) is 6.58. The molecule has 0 radical (unpaired) electrons. The summed E-state index contributed by atoms with van der Waals surface area (Å²) in [6, 6.07) is 1.96. The number of aromatic nitrogens is 4. The van der Waals surface area contributed by atoms with Gasteiger partial charge in [-0.25, -0.2) is 0 Å². The third kappa shape index (κ3) is 1.81. The molecule has 0 atom stereocenters. The van der Waals surface area contributed by atoms with Gasteiger partial charge >= 0.3 is 0 Å². The Morgan fingerprint density at radius 3 is 3.27 bits per heavy atom. The predicted molar refractivity (Wildman–Crippen MR) is 36.7 cm³/mol. The topological polar surface area (TPSA) is 76.6 Å². The molecule has 11 heavy (non-hydrogen) atoms. The first-order valence-corrected chi connectivity index (χ1v) is 3.69. The van der Waals surface area contributed by atoms with Gasteiger partial charge < -0.3 is 4.84 Å². The van der Waals surface area contributed by atoms with Gasteiger partial charge in [0.15, 0.2) is 0 Å². The molecule has 0 aliphatic heterocycles. The lowest BCUT2D eigenvalue weighted by Gasteiger charge is -1.96. The molecule has 0 aliphatic rings. The van der Waals surface area contributed by atoms with Crippen LogP contribution in [0.15, 0.2) is 5.16 Å². The largest absolute Gasteiger partial charge is 0.397 e. The van der Waals surface area contributed by atoms with E-state index in [-0.39, 0.29) is 0 Å². The molecule has 7 heteroatoms. The third-order valence-corrected chi connectivity index (χ3v) is 1.62. The van der Waals surface area contributed by atoms with Crippen molar-refractivity contribution in [2.45, 2.75) is 5.16 Å². The Morgan fingerprint density at radius 2 is 2.64 bits per heavy atom. The minimum atomic E-state index is 0.309. The van der Waals surface area contributed by atoms with Crippen LogP contribution in [0.3, 0.4) is 0 Å². The van der Waals surface area contributed by atoms with Crippen molar-refractivity contribution in [2.24, 2.45) is 0 Å². The summed E-state index contributed by atoms with van der Waals surface area (Å²) in [5.74, 6) is 0.309. The number of hydrogen-bond acceptors (Lipinski definition) is 6. The maximum absolute atomic E-state index is 8.24. The van der Waals surface area contributed by atoms with Crippen molar-refractivity contribution in [1.82, 2.24) is 20.4 Å². The van der Waals surface area contributed by atoms with Gasteiger partial charge in [0.05, 0.1) is 11.8 Å². The summed E-state index contributed by atoms with van der Waals surface area (Å²) >= 11 is 1.22. The number of tetrazole rings is 1. The fraction of sp³-hybridized carbons (Fsp3) is 0.500. The Bertz CT molecular complexity index is 266. The molecule has 0 spiro atoms. The van der Waals surface area contributed by atoms with Crippen molar-refractivity contribution < 1.29 is 4.84 Å². The lowest BCUT2D eigenvalue weighted by atomic mass is 10.9. The molecule has 0 bridgehead atoms. The summed E-state index contributed by atoms with van der Waals surface area (Å²) in [4.78, 5) is 5.89. The van der Waals surface area contributed by atoms with Crippen molar-refractivity contribution in [2.75, 3.05) is 12.9 Å². The van der Waals surface area contributed by atoms with E-state index in [1.54, 1.807) is 0 Å². The monoisotopic (exact) mass is 171 g/mol. The molecule has 0 unspecified atom stereocenters. The van der Waals surface area contributed by atoms with Gasteiger partial charge in [0.1, 0.15) is 7.11 Å². The smallest absolute Gasteiger partial charge is 0.249 e. The highest BCUT2D eigenvalue weighted by molar-refractivity contribution is 7.99. The lowest BCUT2D eigenvalue weighted by molar-refractivity contribution is 0.107. The van der Waals surface area contributed by atoms with Gasteiger partial charge in [0.2, 0.25) is 5.16 Å². The summed E-state index contributed by atoms with van der Waals surface area (Å²) in [6.45, 7) is 0. The molecule has 0 saturated heterocycles. The van der Waals surface area contributed by atoms with E-state index >= 15 is 0 Å². The fourth-order valence-corrected chi connectivity index (χ4v) is 0.976. The molecule has 0 aromatic carbocycles. The van der Waals surface area contributed by atoms with E-state index in [0.29, 0.717) is 10.9 Å². The Kier molecular flexibility index (Phi) is 2.68. The van der Waals surface area contributed by atoms with E-state index in [1.165, 1.54) is 18.9 Å². The van der Waals surface area contributed by atoms with Crippen LogP contribution in [0.5, 0.6) is 0 Å². The Morgan fingerprint density at radius 1 is 1.82 bits per heavy atom. The first-order chi connectivity index (χ1) is 5.38. The van der Waals surface area contributed by atoms with Gasteiger partial charge in [-0.3, -0.25) is 0 Å². The number of nitrogens with zero attached hydrogens (tertiary/aromatic N) is 5. The van der Waals surface area contributed by atoms with Crippen LogP contribution in [0.1, 0.15) is 0 Å². The molecule has 1 aromatic rings. The first kappa shape index (κ1) is 7.81. The minimum Gasteiger partial charge on any atom is -0.397 e. The van der Waals surface area contributed by atoms with E-state index in [1.807, 2.05) is 6.07 Å². The molecule has 58 valence electrons. The van der Waals surface area contributed by atoms with Crippen molar-refractivity contribution in [3.05, 3.63) is 0 Å². The van der Waals surface area contributed by atoms with Crippen LogP contribution in [0.25, 0.3) is 0 Å².